The summed E-state index contributed by atoms with van der Waals surface area (Å²) >= 11 is 0. The van der Waals surface area contributed by atoms with Crippen LogP contribution in [0, 0.1) is 0 Å². The number of aryl methyl sites for hydroxylation is 2. The molecule has 5 nitrogen and oxygen atoms in total. The van der Waals surface area contributed by atoms with Crippen molar-refractivity contribution in [2.45, 2.75) is 31.6 Å². The van der Waals surface area contributed by atoms with Crippen molar-refractivity contribution in [1.82, 2.24) is 0 Å². The molecule has 25 heavy (non-hydrogen) atoms. The van der Waals surface area contributed by atoms with Crippen molar-refractivity contribution < 1.29 is 22.3 Å². The number of benzene rings is 2. The van der Waals surface area contributed by atoms with Crippen molar-refractivity contribution in [1.29, 1.82) is 0 Å². The highest BCUT2D eigenvalue weighted by atomic mass is 32.3. The van der Waals surface area contributed by atoms with Crippen LogP contribution in [-0.4, -0.2) is 18.1 Å². The Balaban J connectivity index is 2.05. The summed E-state index contributed by atoms with van der Waals surface area (Å²) in [6.45, 7) is 0. The van der Waals surface area contributed by atoms with Crippen molar-refractivity contribution in [3.8, 4) is 22.6 Å². The van der Waals surface area contributed by atoms with Crippen molar-refractivity contribution in [2.75, 3.05) is 0 Å². The molecule has 2 aliphatic rings. The lowest BCUT2D eigenvalue weighted by Crippen LogP contribution is -2.09. The normalized spacial score (nSPS) is 20.0. The van der Waals surface area contributed by atoms with Gasteiger partial charge in [0, 0.05) is 17.0 Å². The Bertz CT molecular complexity index is 976. The summed E-state index contributed by atoms with van der Waals surface area (Å²) in [6.07, 6.45) is 7.85. The van der Waals surface area contributed by atoms with Crippen molar-refractivity contribution in [3.05, 3.63) is 59.2 Å². The molecule has 2 aromatic carbocycles. The van der Waals surface area contributed by atoms with E-state index in [1.54, 1.807) is 12.1 Å². The van der Waals surface area contributed by atoms with Crippen molar-refractivity contribution in [2.24, 2.45) is 0 Å². The zero-order chi connectivity index (χ0) is 17.6. The number of aromatic hydroxyl groups is 1. The lowest BCUT2D eigenvalue weighted by atomic mass is 9.88. The summed E-state index contributed by atoms with van der Waals surface area (Å²) in [5.74, 6) is 0.234. The minimum atomic E-state index is -4.66. The molecule has 2 N–H and O–H groups in total. The van der Waals surface area contributed by atoms with E-state index in [2.05, 4.69) is 12.2 Å². The fourth-order valence-electron chi connectivity index (χ4n) is 3.84. The molecule has 130 valence electrons. The van der Waals surface area contributed by atoms with E-state index in [0.717, 1.165) is 42.4 Å². The standard InChI is InChI=1S/C19H18O5S/c20-16-9-5-12-3-1-2-4-13-6-7-14-8-10-17(24-25(21,22)23)19(18(13)14)15(16)11-12/h2,4-5,8-11,13,20H,1,3,6-7H2,(H,21,22,23)/b4-2-/t13-/m1/s1. The number of rotatable bonds is 2. The third kappa shape index (κ3) is 3.03. The first-order valence-corrected chi connectivity index (χ1v) is 9.60. The van der Waals surface area contributed by atoms with Gasteiger partial charge in [-0.3, -0.25) is 4.55 Å². The third-order valence-corrected chi connectivity index (χ3v) is 5.28. The van der Waals surface area contributed by atoms with Crippen LogP contribution >= 0.6 is 0 Å². The monoisotopic (exact) mass is 358 g/mol. The van der Waals surface area contributed by atoms with Crippen LogP contribution in [0.1, 0.15) is 35.4 Å². The molecule has 0 amide bonds. The van der Waals surface area contributed by atoms with Gasteiger partial charge in [0.05, 0.1) is 0 Å². The molecule has 0 saturated carbocycles. The largest absolute Gasteiger partial charge is 0.507 e. The first-order valence-electron chi connectivity index (χ1n) is 8.24. The van der Waals surface area contributed by atoms with Gasteiger partial charge in [0.15, 0.2) is 5.75 Å². The molecule has 2 aromatic rings. The summed E-state index contributed by atoms with van der Waals surface area (Å²) in [6, 6.07) is 8.73. The molecular weight excluding hydrogens is 340 g/mol. The minimum absolute atomic E-state index is 0.0366. The number of hydrogen-bond acceptors (Lipinski definition) is 4. The van der Waals surface area contributed by atoms with E-state index in [4.69, 9.17) is 8.74 Å². The second-order valence-electron chi connectivity index (χ2n) is 6.49. The topological polar surface area (TPSA) is 83.8 Å². The van der Waals surface area contributed by atoms with E-state index < -0.39 is 10.4 Å². The van der Waals surface area contributed by atoms with Gasteiger partial charge in [0.25, 0.3) is 0 Å². The smallest absolute Gasteiger partial charge is 0.446 e. The van der Waals surface area contributed by atoms with E-state index >= 15 is 0 Å². The molecule has 2 bridgehead atoms. The maximum absolute atomic E-state index is 11.3. The van der Waals surface area contributed by atoms with E-state index in [-0.39, 0.29) is 17.4 Å². The Hall–Kier alpha value is -2.31. The Morgan fingerprint density at radius 1 is 1.12 bits per heavy atom. The number of allylic oxidation sites excluding steroid dienone is 2. The zero-order valence-corrected chi connectivity index (χ0v) is 14.3. The quantitative estimate of drug-likeness (QED) is 0.631. The summed E-state index contributed by atoms with van der Waals surface area (Å²) < 4.78 is 36.6. The molecule has 2 aliphatic carbocycles. The van der Waals surface area contributed by atoms with E-state index in [9.17, 15) is 13.5 Å². The van der Waals surface area contributed by atoms with Gasteiger partial charge in [-0.05, 0) is 60.6 Å². The number of phenolic OH excluding ortho intramolecular Hbond substituents is 1. The number of fused-ring (bicyclic) bond motifs is 3. The number of hydrogen-bond donors (Lipinski definition) is 2. The molecule has 0 unspecified atom stereocenters. The maximum Gasteiger partial charge on any atom is 0.446 e. The Morgan fingerprint density at radius 3 is 2.76 bits per heavy atom. The molecule has 0 aromatic heterocycles. The fraction of sp³-hybridized carbons (Fsp3) is 0.263. The van der Waals surface area contributed by atoms with Crippen LogP contribution in [-0.2, 0) is 23.2 Å². The van der Waals surface area contributed by atoms with Crippen LogP contribution in [0.4, 0.5) is 0 Å². The third-order valence-electron chi connectivity index (χ3n) is 4.89. The molecule has 4 rings (SSSR count). The van der Waals surface area contributed by atoms with Crippen LogP contribution in [0.3, 0.4) is 0 Å². The number of phenols is 1. The molecule has 0 heterocycles. The second-order valence-corrected chi connectivity index (χ2v) is 7.51. The predicted molar refractivity (Wildman–Crippen MR) is 94.2 cm³/mol. The average molecular weight is 358 g/mol. The predicted octanol–water partition coefficient (Wildman–Crippen LogP) is 3.77. The van der Waals surface area contributed by atoms with Crippen molar-refractivity contribution >= 4 is 10.4 Å². The van der Waals surface area contributed by atoms with Gasteiger partial charge < -0.3 is 9.29 Å². The van der Waals surface area contributed by atoms with Gasteiger partial charge in [-0.2, -0.15) is 8.42 Å². The Kier molecular flexibility index (Phi) is 3.81. The van der Waals surface area contributed by atoms with E-state index in [0.29, 0.717) is 11.1 Å². The van der Waals surface area contributed by atoms with Crippen LogP contribution < -0.4 is 4.18 Å². The molecule has 0 saturated heterocycles. The fourth-order valence-corrected chi connectivity index (χ4v) is 4.21. The summed E-state index contributed by atoms with van der Waals surface area (Å²) in [7, 11) is -4.66. The second kappa shape index (κ2) is 5.89. The first kappa shape index (κ1) is 16.2. The molecule has 0 aliphatic heterocycles. The van der Waals surface area contributed by atoms with Gasteiger partial charge in [0.1, 0.15) is 5.75 Å². The molecule has 1 atom stereocenters. The maximum atomic E-state index is 11.3. The van der Waals surface area contributed by atoms with Crippen LogP contribution in [0.15, 0.2) is 42.5 Å². The lowest BCUT2D eigenvalue weighted by molar-refractivity contribution is 0.387. The molecule has 0 radical (unpaired) electrons. The minimum Gasteiger partial charge on any atom is -0.507 e. The van der Waals surface area contributed by atoms with Gasteiger partial charge in [-0.1, -0.05) is 24.3 Å². The van der Waals surface area contributed by atoms with E-state index in [1.165, 1.54) is 0 Å². The highest BCUT2D eigenvalue weighted by Gasteiger charge is 2.29. The van der Waals surface area contributed by atoms with Crippen molar-refractivity contribution in [3.63, 3.8) is 0 Å². The molecular formula is C19H18O5S. The van der Waals surface area contributed by atoms with Crippen LogP contribution in [0.2, 0.25) is 0 Å². The van der Waals surface area contributed by atoms with Gasteiger partial charge in [-0.15, -0.1) is 0 Å². The highest BCUT2D eigenvalue weighted by molar-refractivity contribution is 7.81. The van der Waals surface area contributed by atoms with Gasteiger partial charge >= 0.3 is 10.4 Å². The molecule has 0 fully saturated rings. The van der Waals surface area contributed by atoms with E-state index in [1.807, 2.05) is 18.2 Å². The van der Waals surface area contributed by atoms with Gasteiger partial charge in [-0.25, -0.2) is 0 Å². The van der Waals surface area contributed by atoms with Crippen LogP contribution in [0.5, 0.6) is 11.5 Å². The lowest BCUT2D eigenvalue weighted by Gasteiger charge is -2.19. The Labute approximate surface area is 146 Å². The Morgan fingerprint density at radius 2 is 1.96 bits per heavy atom. The highest BCUT2D eigenvalue weighted by Crippen LogP contribution is 2.48. The average Bonchev–Trinajstić information content (AvgIpc) is 2.95. The first-order chi connectivity index (χ1) is 11.9. The summed E-state index contributed by atoms with van der Waals surface area (Å²) in [4.78, 5) is 0. The molecule has 0 spiro atoms. The van der Waals surface area contributed by atoms with Crippen LogP contribution in [0.25, 0.3) is 11.1 Å². The summed E-state index contributed by atoms with van der Waals surface area (Å²) in [5, 5.41) is 10.4. The SMILES string of the molecule is O=S(=O)(O)Oc1ccc2c3c1-c1cc(ccc1O)CC/C=C\[C@@H]3CC2. The van der Waals surface area contributed by atoms with Gasteiger partial charge in [0.2, 0.25) is 0 Å². The molecule has 6 heteroatoms. The zero-order valence-electron chi connectivity index (χ0n) is 13.5. The summed E-state index contributed by atoms with van der Waals surface area (Å²) in [5.41, 5.74) is 4.20.